The highest BCUT2D eigenvalue weighted by atomic mass is 16.5. The zero-order chi connectivity index (χ0) is 13.9. The standard InChI is InChI=1S/C17H26N2O/c1-13(2)20-17-5-3-4-14(8-17)11-19-7-6-15-9-18-10-16(15)12-19/h3-5,8,13,15-16,18H,6-7,9-12H2,1-2H3. The quantitative estimate of drug-likeness (QED) is 0.913. The van der Waals surface area contributed by atoms with Crippen molar-refractivity contribution in [2.24, 2.45) is 11.8 Å². The van der Waals surface area contributed by atoms with Gasteiger partial charge in [0, 0.05) is 13.1 Å². The van der Waals surface area contributed by atoms with Crippen LogP contribution in [-0.4, -0.2) is 37.2 Å². The summed E-state index contributed by atoms with van der Waals surface area (Å²) < 4.78 is 5.78. The molecule has 2 fully saturated rings. The topological polar surface area (TPSA) is 24.5 Å². The molecule has 2 aliphatic rings. The van der Waals surface area contributed by atoms with Gasteiger partial charge in [-0.3, -0.25) is 4.90 Å². The molecule has 1 N–H and O–H groups in total. The van der Waals surface area contributed by atoms with Gasteiger partial charge in [-0.25, -0.2) is 0 Å². The molecule has 2 unspecified atom stereocenters. The van der Waals surface area contributed by atoms with Crippen molar-refractivity contribution in [2.75, 3.05) is 26.2 Å². The van der Waals surface area contributed by atoms with Crippen LogP contribution in [0.1, 0.15) is 25.8 Å². The lowest BCUT2D eigenvalue weighted by Gasteiger charge is -2.34. The second-order valence-electron chi connectivity index (χ2n) is 6.52. The van der Waals surface area contributed by atoms with Crippen LogP contribution in [0, 0.1) is 11.8 Å². The lowest BCUT2D eigenvalue weighted by Crippen LogP contribution is -2.39. The van der Waals surface area contributed by atoms with Crippen LogP contribution in [0.4, 0.5) is 0 Å². The van der Waals surface area contributed by atoms with E-state index >= 15 is 0 Å². The van der Waals surface area contributed by atoms with Crippen molar-refractivity contribution in [3.8, 4) is 5.75 Å². The van der Waals surface area contributed by atoms with Crippen molar-refractivity contribution in [2.45, 2.75) is 32.9 Å². The Labute approximate surface area is 122 Å². The Bertz CT molecular complexity index is 446. The predicted molar refractivity (Wildman–Crippen MR) is 81.9 cm³/mol. The van der Waals surface area contributed by atoms with Crippen LogP contribution in [0.3, 0.4) is 0 Å². The average molecular weight is 274 g/mol. The molecule has 2 aliphatic heterocycles. The Hall–Kier alpha value is -1.06. The van der Waals surface area contributed by atoms with Crippen LogP contribution in [0.15, 0.2) is 24.3 Å². The molecular weight excluding hydrogens is 248 g/mol. The summed E-state index contributed by atoms with van der Waals surface area (Å²) in [5.41, 5.74) is 1.37. The number of ether oxygens (including phenoxy) is 1. The van der Waals surface area contributed by atoms with Gasteiger partial charge in [0.05, 0.1) is 6.10 Å². The van der Waals surface area contributed by atoms with Crippen LogP contribution in [0.25, 0.3) is 0 Å². The molecule has 0 aliphatic carbocycles. The Kier molecular flexibility index (Phi) is 4.27. The lowest BCUT2D eigenvalue weighted by molar-refractivity contribution is 0.142. The van der Waals surface area contributed by atoms with Gasteiger partial charge in [-0.2, -0.15) is 0 Å². The summed E-state index contributed by atoms with van der Waals surface area (Å²) in [6.07, 6.45) is 1.59. The summed E-state index contributed by atoms with van der Waals surface area (Å²) in [6, 6.07) is 8.57. The second kappa shape index (κ2) is 6.15. The Morgan fingerprint density at radius 2 is 2.15 bits per heavy atom. The number of hydrogen-bond donors (Lipinski definition) is 1. The molecule has 3 nitrogen and oxygen atoms in total. The fourth-order valence-corrected chi connectivity index (χ4v) is 3.50. The maximum atomic E-state index is 5.78. The van der Waals surface area contributed by atoms with Crippen LogP contribution in [0.2, 0.25) is 0 Å². The predicted octanol–water partition coefficient (Wildman–Crippen LogP) is 2.52. The van der Waals surface area contributed by atoms with Gasteiger partial charge in [-0.1, -0.05) is 12.1 Å². The van der Waals surface area contributed by atoms with E-state index in [4.69, 9.17) is 4.74 Å². The van der Waals surface area contributed by atoms with Gasteiger partial charge < -0.3 is 10.1 Å². The molecule has 0 bridgehead atoms. The monoisotopic (exact) mass is 274 g/mol. The highest BCUT2D eigenvalue weighted by Crippen LogP contribution is 2.27. The number of nitrogens with zero attached hydrogens (tertiary/aromatic N) is 1. The minimum Gasteiger partial charge on any atom is -0.491 e. The van der Waals surface area contributed by atoms with Crippen molar-refractivity contribution in [3.05, 3.63) is 29.8 Å². The first-order valence-electron chi connectivity index (χ1n) is 7.89. The lowest BCUT2D eigenvalue weighted by atomic mass is 9.88. The second-order valence-corrected chi connectivity index (χ2v) is 6.52. The van der Waals surface area contributed by atoms with Crippen molar-refractivity contribution >= 4 is 0 Å². The Morgan fingerprint density at radius 3 is 3.00 bits per heavy atom. The zero-order valence-electron chi connectivity index (χ0n) is 12.6. The third-order valence-corrected chi connectivity index (χ3v) is 4.46. The van der Waals surface area contributed by atoms with Crippen LogP contribution in [-0.2, 0) is 6.54 Å². The number of rotatable bonds is 4. The van der Waals surface area contributed by atoms with Gasteiger partial charge in [0.2, 0.25) is 0 Å². The highest BCUT2D eigenvalue weighted by Gasteiger charge is 2.32. The third-order valence-electron chi connectivity index (χ3n) is 4.46. The van der Waals surface area contributed by atoms with Crippen LogP contribution < -0.4 is 10.1 Å². The number of benzene rings is 1. The van der Waals surface area contributed by atoms with Gasteiger partial charge in [-0.05, 0) is 69.4 Å². The van der Waals surface area contributed by atoms with E-state index in [0.717, 1.165) is 24.1 Å². The first-order chi connectivity index (χ1) is 9.70. The van der Waals surface area contributed by atoms with E-state index in [1.165, 1.54) is 38.2 Å². The molecule has 3 heteroatoms. The van der Waals surface area contributed by atoms with Crippen molar-refractivity contribution in [1.82, 2.24) is 10.2 Å². The van der Waals surface area contributed by atoms with Crippen molar-refractivity contribution in [3.63, 3.8) is 0 Å². The maximum absolute atomic E-state index is 5.78. The SMILES string of the molecule is CC(C)Oc1cccc(CN2CCC3CNCC3C2)c1. The highest BCUT2D eigenvalue weighted by molar-refractivity contribution is 5.28. The zero-order valence-corrected chi connectivity index (χ0v) is 12.6. The van der Waals surface area contributed by atoms with E-state index in [9.17, 15) is 0 Å². The van der Waals surface area contributed by atoms with E-state index in [0.29, 0.717) is 0 Å². The minimum absolute atomic E-state index is 0.241. The number of piperidine rings is 1. The molecule has 1 aromatic carbocycles. The minimum atomic E-state index is 0.241. The number of likely N-dealkylation sites (tertiary alicyclic amines) is 1. The summed E-state index contributed by atoms with van der Waals surface area (Å²) in [4.78, 5) is 2.60. The van der Waals surface area contributed by atoms with Crippen molar-refractivity contribution < 1.29 is 4.74 Å². The van der Waals surface area contributed by atoms with Crippen LogP contribution in [0.5, 0.6) is 5.75 Å². The van der Waals surface area contributed by atoms with Gasteiger partial charge in [0.1, 0.15) is 5.75 Å². The first-order valence-corrected chi connectivity index (χ1v) is 7.89. The van der Waals surface area contributed by atoms with Gasteiger partial charge >= 0.3 is 0 Å². The molecule has 0 radical (unpaired) electrons. The Balaban J connectivity index is 1.60. The summed E-state index contributed by atoms with van der Waals surface area (Å²) in [5.74, 6) is 2.77. The normalized spacial score (nSPS) is 26.8. The summed E-state index contributed by atoms with van der Waals surface area (Å²) >= 11 is 0. The van der Waals surface area contributed by atoms with Gasteiger partial charge in [0.25, 0.3) is 0 Å². The molecule has 3 rings (SSSR count). The average Bonchev–Trinajstić information content (AvgIpc) is 2.85. The molecule has 0 spiro atoms. The van der Waals surface area contributed by atoms with Gasteiger partial charge in [0.15, 0.2) is 0 Å². The number of nitrogens with one attached hydrogen (secondary N) is 1. The van der Waals surface area contributed by atoms with E-state index in [2.05, 4.69) is 48.3 Å². The first kappa shape index (κ1) is 13.9. The third kappa shape index (κ3) is 3.33. The molecule has 0 saturated carbocycles. The largest absolute Gasteiger partial charge is 0.491 e. The van der Waals surface area contributed by atoms with E-state index in [1.54, 1.807) is 0 Å². The Morgan fingerprint density at radius 1 is 1.30 bits per heavy atom. The smallest absolute Gasteiger partial charge is 0.120 e. The van der Waals surface area contributed by atoms with E-state index in [-0.39, 0.29) is 6.10 Å². The maximum Gasteiger partial charge on any atom is 0.120 e. The fraction of sp³-hybridized carbons (Fsp3) is 0.647. The molecule has 20 heavy (non-hydrogen) atoms. The summed E-state index contributed by atoms with van der Waals surface area (Å²) in [7, 11) is 0. The molecule has 1 aromatic rings. The molecule has 2 saturated heterocycles. The number of fused-ring (bicyclic) bond motifs is 1. The summed E-state index contributed by atoms with van der Waals surface area (Å²) in [5, 5.41) is 3.53. The summed E-state index contributed by atoms with van der Waals surface area (Å²) in [6.45, 7) is 10.1. The molecule has 0 amide bonds. The molecule has 2 heterocycles. The number of hydrogen-bond acceptors (Lipinski definition) is 3. The van der Waals surface area contributed by atoms with Gasteiger partial charge in [-0.15, -0.1) is 0 Å². The van der Waals surface area contributed by atoms with E-state index < -0.39 is 0 Å². The molecule has 110 valence electrons. The molecular formula is C17H26N2O. The van der Waals surface area contributed by atoms with Crippen LogP contribution >= 0.6 is 0 Å². The molecule has 2 atom stereocenters. The van der Waals surface area contributed by atoms with E-state index in [1.807, 2.05) is 0 Å². The fourth-order valence-electron chi connectivity index (χ4n) is 3.50. The van der Waals surface area contributed by atoms with Crippen molar-refractivity contribution in [1.29, 1.82) is 0 Å². The molecule has 0 aromatic heterocycles.